The van der Waals surface area contributed by atoms with E-state index in [9.17, 15) is 4.79 Å². The van der Waals surface area contributed by atoms with Gasteiger partial charge in [-0.05, 0) is 13.0 Å². The Hall–Kier alpha value is -2.08. The van der Waals surface area contributed by atoms with Crippen LogP contribution in [0.15, 0.2) is 24.3 Å². The Kier molecular flexibility index (Phi) is 4.35. The number of hydrogen-bond donors (Lipinski definition) is 2. The Morgan fingerprint density at radius 3 is 3.00 bits per heavy atom. The number of amides is 1. The topological polar surface area (TPSA) is 82.2 Å². The van der Waals surface area contributed by atoms with Gasteiger partial charge in [-0.1, -0.05) is 18.2 Å². The minimum absolute atomic E-state index is 0.266. The van der Waals surface area contributed by atoms with E-state index in [1.54, 1.807) is 0 Å². The maximum Gasteiger partial charge on any atom is 0.404 e. The molecule has 0 spiro atoms. The molecule has 6 heteroatoms. The third kappa shape index (κ3) is 3.23. The monoisotopic (exact) mass is 262 g/mol. The second-order valence-corrected chi connectivity index (χ2v) is 4.12. The van der Waals surface area contributed by atoms with Crippen LogP contribution in [0.25, 0.3) is 10.9 Å². The highest BCUT2D eigenvalue weighted by atomic mass is 16.5. The lowest BCUT2D eigenvalue weighted by atomic mass is 10.2. The lowest BCUT2D eigenvalue weighted by molar-refractivity contribution is 0.157. The maximum absolute atomic E-state index is 10.4. The maximum atomic E-state index is 10.4. The van der Waals surface area contributed by atoms with E-state index in [1.807, 2.05) is 16.8 Å². The SMILES string of the molecule is CCn1nc(CNCCOC(N)=O)c2ccccc21. The normalized spacial score (nSPS) is 10.8. The summed E-state index contributed by atoms with van der Waals surface area (Å²) in [4.78, 5) is 10.4. The lowest BCUT2D eigenvalue weighted by Gasteiger charge is -2.03. The first-order chi connectivity index (χ1) is 9.22. The van der Waals surface area contributed by atoms with E-state index >= 15 is 0 Å². The number of hydrogen-bond acceptors (Lipinski definition) is 4. The number of nitrogens with one attached hydrogen (secondary N) is 1. The summed E-state index contributed by atoms with van der Waals surface area (Å²) < 4.78 is 6.62. The van der Waals surface area contributed by atoms with Gasteiger partial charge in [-0.25, -0.2) is 4.79 Å². The van der Waals surface area contributed by atoms with Crippen molar-refractivity contribution < 1.29 is 9.53 Å². The molecule has 2 rings (SSSR count). The van der Waals surface area contributed by atoms with E-state index in [-0.39, 0.29) is 6.61 Å². The van der Waals surface area contributed by atoms with Crippen molar-refractivity contribution in [1.82, 2.24) is 15.1 Å². The molecule has 3 N–H and O–H groups in total. The lowest BCUT2D eigenvalue weighted by Crippen LogP contribution is -2.23. The molecule has 0 bridgehead atoms. The summed E-state index contributed by atoms with van der Waals surface area (Å²) >= 11 is 0. The molecule has 19 heavy (non-hydrogen) atoms. The van der Waals surface area contributed by atoms with Crippen LogP contribution in [0.2, 0.25) is 0 Å². The summed E-state index contributed by atoms with van der Waals surface area (Å²) in [5, 5.41) is 8.89. The van der Waals surface area contributed by atoms with Gasteiger partial charge in [-0.2, -0.15) is 5.10 Å². The zero-order valence-corrected chi connectivity index (χ0v) is 10.9. The van der Waals surface area contributed by atoms with Crippen LogP contribution in [0.3, 0.4) is 0 Å². The summed E-state index contributed by atoms with van der Waals surface area (Å²) in [6, 6.07) is 8.13. The average Bonchev–Trinajstić information content (AvgIpc) is 2.76. The first-order valence-corrected chi connectivity index (χ1v) is 6.29. The summed E-state index contributed by atoms with van der Waals surface area (Å²) in [5.74, 6) is 0. The highest BCUT2D eigenvalue weighted by Crippen LogP contribution is 2.17. The fourth-order valence-electron chi connectivity index (χ4n) is 2.00. The molecule has 0 saturated carbocycles. The molecule has 0 aliphatic carbocycles. The molecule has 1 heterocycles. The van der Waals surface area contributed by atoms with Crippen molar-refractivity contribution in [2.75, 3.05) is 13.2 Å². The van der Waals surface area contributed by atoms with Crippen LogP contribution >= 0.6 is 0 Å². The van der Waals surface area contributed by atoms with Crippen LogP contribution < -0.4 is 11.1 Å². The quantitative estimate of drug-likeness (QED) is 0.767. The number of fused-ring (bicyclic) bond motifs is 1. The summed E-state index contributed by atoms with van der Waals surface area (Å²) in [6.45, 7) is 4.36. The van der Waals surface area contributed by atoms with Crippen molar-refractivity contribution in [1.29, 1.82) is 0 Å². The third-order valence-electron chi connectivity index (χ3n) is 2.85. The van der Waals surface area contributed by atoms with Gasteiger partial charge in [0.15, 0.2) is 0 Å². The second kappa shape index (κ2) is 6.19. The van der Waals surface area contributed by atoms with Crippen molar-refractivity contribution in [3.05, 3.63) is 30.0 Å². The number of benzene rings is 1. The van der Waals surface area contributed by atoms with Gasteiger partial charge in [0.2, 0.25) is 0 Å². The number of nitrogens with zero attached hydrogens (tertiary/aromatic N) is 2. The molecule has 0 aliphatic heterocycles. The van der Waals surface area contributed by atoms with E-state index in [0.717, 1.165) is 23.1 Å². The summed E-state index contributed by atoms with van der Waals surface area (Å²) in [7, 11) is 0. The second-order valence-electron chi connectivity index (χ2n) is 4.12. The highest BCUT2D eigenvalue weighted by Gasteiger charge is 2.08. The van der Waals surface area contributed by atoms with Crippen molar-refractivity contribution in [3.63, 3.8) is 0 Å². The molecular weight excluding hydrogens is 244 g/mol. The fourth-order valence-corrected chi connectivity index (χ4v) is 2.00. The fraction of sp³-hybridized carbons (Fsp3) is 0.385. The molecule has 1 aromatic carbocycles. The van der Waals surface area contributed by atoms with Gasteiger partial charge < -0.3 is 15.8 Å². The number of carbonyl (C=O) groups is 1. The van der Waals surface area contributed by atoms with Crippen molar-refractivity contribution in [2.24, 2.45) is 5.73 Å². The Morgan fingerprint density at radius 1 is 1.47 bits per heavy atom. The number of rotatable bonds is 6. The van der Waals surface area contributed by atoms with Gasteiger partial charge in [-0.15, -0.1) is 0 Å². The van der Waals surface area contributed by atoms with Gasteiger partial charge in [0.05, 0.1) is 11.2 Å². The third-order valence-corrected chi connectivity index (χ3v) is 2.85. The summed E-state index contributed by atoms with van der Waals surface area (Å²) in [5.41, 5.74) is 7.01. The van der Waals surface area contributed by atoms with Gasteiger partial charge >= 0.3 is 6.09 Å². The molecule has 6 nitrogen and oxygen atoms in total. The molecule has 0 saturated heterocycles. The van der Waals surface area contributed by atoms with Gasteiger partial charge in [-0.3, -0.25) is 4.68 Å². The molecule has 1 aromatic heterocycles. The Morgan fingerprint density at radius 2 is 2.26 bits per heavy atom. The van der Waals surface area contributed by atoms with E-state index in [0.29, 0.717) is 13.1 Å². The van der Waals surface area contributed by atoms with Crippen molar-refractivity contribution in [3.8, 4) is 0 Å². The van der Waals surface area contributed by atoms with E-state index in [2.05, 4.69) is 34.2 Å². The van der Waals surface area contributed by atoms with Crippen LogP contribution in [0, 0.1) is 0 Å². The highest BCUT2D eigenvalue weighted by molar-refractivity contribution is 5.81. The van der Waals surface area contributed by atoms with Crippen LogP contribution in [-0.4, -0.2) is 29.0 Å². The smallest absolute Gasteiger partial charge is 0.404 e. The molecule has 0 radical (unpaired) electrons. The number of aromatic nitrogens is 2. The van der Waals surface area contributed by atoms with Crippen LogP contribution in [0.4, 0.5) is 4.79 Å². The van der Waals surface area contributed by atoms with Crippen LogP contribution in [0.5, 0.6) is 0 Å². The predicted octanol–water partition coefficient (Wildman–Crippen LogP) is 1.24. The standard InChI is InChI=1S/C13H18N4O2/c1-2-17-12-6-4-3-5-10(12)11(16-17)9-15-7-8-19-13(14)18/h3-6,15H,2,7-9H2,1H3,(H2,14,18). The van der Waals surface area contributed by atoms with E-state index in [1.165, 1.54) is 0 Å². The van der Waals surface area contributed by atoms with Gasteiger partial charge in [0.25, 0.3) is 0 Å². The Bertz CT molecular complexity index is 565. The minimum atomic E-state index is -0.748. The van der Waals surface area contributed by atoms with Crippen molar-refractivity contribution in [2.45, 2.75) is 20.0 Å². The van der Waals surface area contributed by atoms with Crippen LogP contribution in [0.1, 0.15) is 12.6 Å². The van der Waals surface area contributed by atoms with Crippen LogP contribution in [-0.2, 0) is 17.8 Å². The largest absolute Gasteiger partial charge is 0.448 e. The zero-order chi connectivity index (χ0) is 13.7. The number of nitrogens with two attached hydrogens (primary N) is 1. The molecule has 102 valence electrons. The van der Waals surface area contributed by atoms with Gasteiger partial charge in [0.1, 0.15) is 6.61 Å². The Balaban J connectivity index is 1.99. The average molecular weight is 262 g/mol. The molecule has 0 aliphatic rings. The molecular formula is C13H18N4O2. The molecule has 0 atom stereocenters. The summed E-state index contributed by atoms with van der Waals surface area (Å²) in [6.07, 6.45) is -0.748. The number of ether oxygens (including phenoxy) is 1. The Labute approximate surface area is 111 Å². The molecule has 2 aromatic rings. The first kappa shape index (κ1) is 13.4. The molecule has 1 amide bonds. The minimum Gasteiger partial charge on any atom is -0.448 e. The molecule has 0 unspecified atom stereocenters. The number of para-hydroxylation sites is 1. The van der Waals surface area contributed by atoms with E-state index < -0.39 is 6.09 Å². The number of aryl methyl sites for hydroxylation is 1. The predicted molar refractivity (Wildman–Crippen MR) is 72.6 cm³/mol. The van der Waals surface area contributed by atoms with E-state index in [4.69, 9.17) is 5.73 Å². The zero-order valence-electron chi connectivity index (χ0n) is 10.9. The van der Waals surface area contributed by atoms with Gasteiger partial charge in [0, 0.05) is 25.0 Å². The number of carbonyl (C=O) groups excluding carboxylic acids is 1. The first-order valence-electron chi connectivity index (χ1n) is 6.29. The number of primary amides is 1. The van der Waals surface area contributed by atoms with Crippen molar-refractivity contribution >= 4 is 17.0 Å². The molecule has 0 fully saturated rings.